The highest BCUT2D eigenvalue weighted by molar-refractivity contribution is 5.88. The molecule has 0 aromatic heterocycles. The standard InChI is InChI=1S/C15H18N2/c1-12-3-2-4-13-11-14(5-6-15(12)13)17-9-7-16-8-10-17/h2-6,11,16H,7-10H2,1H3. The van der Waals surface area contributed by atoms with Crippen LogP contribution in [0.2, 0.25) is 0 Å². The van der Waals surface area contributed by atoms with Gasteiger partial charge in [-0.2, -0.15) is 0 Å². The summed E-state index contributed by atoms with van der Waals surface area (Å²) < 4.78 is 0. The number of fused-ring (bicyclic) bond motifs is 1. The molecule has 3 rings (SSSR count). The van der Waals surface area contributed by atoms with Gasteiger partial charge in [0, 0.05) is 31.9 Å². The van der Waals surface area contributed by atoms with E-state index in [0.29, 0.717) is 0 Å². The van der Waals surface area contributed by atoms with E-state index in [1.807, 2.05) is 0 Å². The summed E-state index contributed by atoms with van der Waals surface area (Å²) in [7, 11) is 0. The number of nitrogens with zero attached hydrogens (tertiary/aromatic N) is 1. The molecular weight excluding hydrogens is 208 g/mol. The highest BCUT2D eigenvalue weighted by atomic mass is 15.2. The lowest BCUT2D eigenvalue weighted by Gasteiger charge is -2.29. The molecule has 17 heavy (non-hydrogen) atoms. The average Bonchev–Trinajstić information content (AvgIpc) is 2.40. The maximum Gasteiger partial charge on any atom is 0.0373 e. The first-order chi connectivity index (χ1) is 8.34. The minimum Gasteiger partial charge on any atom is -0.369 e. The highest BCUT2D eigenvalue weighted by Crippen LogP contribution is 2.24. The van der Waals surface area contributed by atoms with Crippen molar-refractivity contribution in [2.75, 3.05) is 31.1 Å². The van der Waals surface area contributed by atoms with Gasteiger partial charge in [-0.3, -0.25) is 0 Å². The van der Waals surface area contributed by atoms with E-state index in [9.17, 15) is 0 Å². The minimum atomic E-state index is 1.09. The predicted molar refractivity (Wildman–Crippen MR) is 73.8 cm³/mol. The van der Waals surface area contributed by atoms with Crippen molar-refractivity contribution < 1.29 is 0 Å². The van der Waals surface area contributed by atoms with Crippen molar-refractivity contribution in [2.24, 2.45) is 0 Å². The zero-order valence-corrected chi connectivity index (χ0v) is 10.2. The molecule has 0 saturated carbocycles. The van der Waals surface area contributed by atoms with Gasteiger partial charge in [0.25, 0.3) is 0 Å². The second-order valence-electron chi connectivity index (χ2n) is 4.72. The quantitative estimate of drug-likeness (QED) is 0.804. The molecule has 1 fully saturated rings. The highest BCUT2D eigenvalue weighted by Gasteiger charge is 2.10. The van der Waals surface area contributed by atoms with Gasteiger partial charge in [0.05, 0.1) is 0 Å². The molecule has 1 heterocycles. The van der Waals surface area contributed by atoms with E-state index >= 15 is 0 Å². The Kier molecular flexibility index (Phi) is 2.73. The number of hydrogen-bond donors (Lipinski definition) is 1. The number of nitrogens with one attached hydrogen (secondary N) is 1. The molecule has 0 bridgehead atoms. The molecule has 0 unspecified atom stereocenters. The first-order valence-corrected chi connectivity index (χ1v) is 6.30. The molecule has 2 aromatic rings. The molecule has 1 aliphatic heterocycles. The molecule has 2 heteroatoms. The fourth-order valence-corrected chi connectivity index (χ4v) is 2.55. The average molecular weight is 226 g/mol. The van der Waals surface area contributed by atoms with Crippen molar-refractivity contribution in [1.82, 2.24) is 5.32 Å². The van der Waals surface area contributed by atoms with Gasteiger partial charge < -0.3 is 10.2 Å². The number of benzene rings is 2. The van der Waals surface area contributed by atoms with Crippen molar-refractivity contribution in [2.45, 2.75) is 6.92 Å². The molecule has 0 amide bonds. The Morgan fingerprint density at radius 2 is 1.88 bits per heavy atom. The fourth-order valence-electron chi connectivity index (χ4n) is 2.55. The monoisotopic (exact) mass is 226 g/mol. The Bertz CT molecular complexity index is 527. The summed E-state index contributed by atoms with van der Waals surface area (Å²) in [5.41, 5.74) is 2.71. The van der Waals surface area contributed by atoms with E-state index in [2.05, 4.69) is 53.5 Å². The van der Waals surface area contributed by atoms with E-state index in [1.165, 1.54) is 22.0 Å². The van der Waals surface area contributed by atoms with Crippen LogP contribution in [0.1, 0.15) is 5.56 Å². The molecule has 0 radical (unpaired) electrons. The third kappa shape index (κ3) is 2.01. The van der Waals surface area contributed by atoms with Crippen molar-refractivity contribution in [1.29, 1.82) is 0 Å². The van der Waals surface area contributed by atoms with Gasteiger partial charge >= 0.3 is 0 Å². The largest absolute Gasteiger partial charge is 0.369 e. The summed E-state index contributed by atoms with van der Waals surface area (Å²) in [6.45, 7) is 6.57. The van der Waals surface area contributed by atoms with Crippen LogP contribution in [0.15, 0.2) is 36.4 Å². The summed E-state index contributed by atoms with van der Waals surface area (Å²) in [5.74, 6) is 0. The third-order valence-electron chi connectivity index (χ3n) is 3.56. The summed E-state index contributed by atoms with van der Waals surface area (Å²) in [6.07, 6.45) is 0. The number of anilines is 1. The van der Waals surface area contributed by atoms with Crippen molar-refractivity contribution in [3.05, 3.63) is 42.0 Å². The van der Waals surface area contributed by atoms with Crippen molar-refractivity contribution in [3.63, 3.8) is 0 Å². The van der Waals surface area contributed by atoms with Gasteiger partial charge in [-0.1, -0.05) is 24.3 Å². The second kappa shape index (κ2) is 4.38. The number of aryl methyl sites for hydroxylation is 1. The molecular formula is C15H18N2. The Morgan fingerprint density at radius 3 is 2.71 bits per heavy atom. The number of piperazine rings is 1. The zero-order chi connectivity index (χ0) is 11.7. The molecule has 2 nitrogen and oxygen atoms in total. The molecule has 0 spiro atoms. The summed E-state index contributed by atoms with van der Waals surface area (Å²) >= 11 is 0. The Hall–Kier alpha value is -1.54. The van der Waals surface area contributed by atoms with Crippen LogP contribution in [-0.4, -0.2) is 26.2 Å². The van der Waals surface area contributed by atoms with Crippen LogP contribution in [0.4, 0.5) is 5.69 Å². The summed E-state index contributed by atoms with van der Waals surface area (Å²) in [6, 6.07) is 13.3. The van der Waals surface area contributed by atoms with Gasteiger partial charge in [-0.15, -0.1) is 0 Å². The van der Waals surface area contributed by atoms with Gasteiger partial charge in [0.2, 0.25) is 0 Å². The summed E-state index contributed by atoms with van der Waals surface area (Å²) in [4.78, 5) is 2.46. The van der Waals surface area contributed by atoms with Crippen LogP contribution < -0.4 is 10.2 Å². The van der Waals surface area contributed by atoms with Crippen molar-refractivity contribution >= 4 is 16.5 Å². The topological polar surface area (TPSA) is 15.3 Å². The molecule has 2 aromatic carbocycles. The number of hydrogen-bond acceptors (Lipinski definition) is 2. The normalized spacial score (nSPS) is 16.4. The smallest absolute Gasteiger partial charge is 0.0373 e. The van der Waals surface area contributed by atoms with Crippen LogP contribution in [0.25, 0.3) is 10.8 Å². The SMILES string of the molecule is Cc1cccc2cc(N3CCNCC3)ccc12. The first kappa shape index (κ1) is 10.6. The van der Waals surface area contributed by atoms with Crippen LogP contribution >= 0.6 is 0 Å². The predicted octanol–water partition coefficient (Wildman–Crippen LogP) is 2.56. The van der Waals surface area contributed by atoms with Crippen LogP contribution in [0.5, 0.6) is 0 Å². The van der Waals surface area contributed by atoms with E-state index in [4.69, 9.17) is 0 Å². The van der Waals surface area contributed by atoms with E-state index in [-0.39, 0.29) is 0 Å². The minimum absolute atomic E-state index is 1.09. The van der Waals surface area contributed by atoms with E-state index in [0.717, 1.165) is 26.2 Å². The third-order valence-corrected chi connectivity index (χ3v) is 3.56. The zero-order valence-electron chi connectivity index (χ0n) is 10.2. The Labute approximate surface area is 102 Å². The van der Waals surface area contributed by atoms with E-state index in [1.54, 1.807) is 0 Å². The van der Waals surface area contributed by atoms with E-state index < -0.39 is 0 Å². The van der Waals surface area contributed by atoms with Gasteiger partial charge in [-0.25, -0.2) is 0 Å². The second-order valence-corrected chi connectivity index (χ2v) is 4.72. The van der Waals surface area contributed by atoms with Crippen LogP contribution in [0, 0.1) is 6.92 Å². The van der Waals surface area contributed by atoms with Crippen molar-refractivity contribution in [3.8, 4) is 0 Å². The summed E-state index contributed by atoms with van der Waals surface area (Å²) in [5, 5.41) is 6.10. The maximum absolute atomic E-state index is 3.39. The van der Waals surface area contributed by atoms with Crippen LogP contribution in [-0.2, 0) is 0 Å². The molecule has 1 aliphatic rings. The van der Waals surface area contributed by atoms with Gasteiger partial charge in [0.1, 0.15) is 0 Å². The number of rotatable bonds is 1. The van der Waals surface area contributed by atoms with Gasteiger partial charge in [0.15, 0.2) is 0 Å². The Morgan fingerprint density at radius 1 is 1.06 bits per heavy atom. The molecule has 88 valence electrons. The molecule has 0 aliphatic carbocycles. The Balaban J connectivity index is 2.01. The lowest BCUT2D eigenvalue weighted by Crippen LogP contribution is -2.43. The lowest BCUT2D eigenvalue weighted by atomic mass is 10.0. The fraction of sp³-hybridized carbons (Fsp3) is 0.333. The molecule has 1 saturated heterocycles. The molecule has 1 N–H and O–H groups in total. The van der Waals surface area contributed by atoms with Crippen LogP contribution in [0.3, 0.4) is 0 Å². The maximum atomic E-state index is 3.39. The first-order valence-electron chi connectivity index (χ1n) is 6.30. The van der Waals surface area contributed by atoms with Gasteiger partial charge in [-0.05, 0) is 35.4 Å². The lowest BCUT2D eigenvalue weighted by molar-refractivity contribution is 0.589. The molecule has 0 atom stereocenters.